The van der Waals surface area contributed by atoms with Crippen molar-refractivity contribution in [3.05, 3.63) is 41.5 Å². The highest BCUT2D eigenvalue weighted by Gasteiger charge is 2.23. The number of ether oxygens (including phenoxy) is 1. The van der Waals surface area contributed by atoms with Gasteiger partial charge >= 0.3 is 0 Å². The van der Waals surface area contributed by atoms with E-state index in [0.29, 0.717) is 30.9 Å². The molecule has 22 heavy (non-hydrogen) atoms. The van der Waals surface area contributed by atoms with Crippen LogP contribution in [0.4, 0.5) is 0 Å². The summed E-state index contributed by atoms with van der Waals surface area (Å²) in [7, 11) is 0. The van der Waals surface area contributed by atoms with E-state index in [-0.39, 0.29) is 12.5 Å². The Kier molecular flexibility index (Phi) is 3.74. The second-order valence-corrected chi connectivity index (χ2v) is 5.06. The summed E-state index contributed by atoms with van der Waals surface area (Å²) in [5.74, 6) is 2.16. The van der Waals surface area contributed by atoms with Crippen LogP contribution in [0.15, 0.2) is 24.3 Å². The molecule has 1 amide bonds. The molecule has 0 radical (unpaired) electrons. The summed E-state index contributed by atoms with van der Waals surface area (Å²) in [4.78, 5) is 13.9. The first kappa shape index (κ1) is 14.1. The SMILES string of the molecule is Cc1nnc2n1CCN(C(=O)COc1ccc(C#N)cc1)C2. The highest BCUT2D eigenvalue weighted by Crippen LogP contribution is 2.14. The third-order valence-electron chi connectivity index (χ3n) is 3.64. The molecule has 0 unspecified atom stereocenters. The average molecular weight is 297 g/mol. The minimum Gasteiger partial charge on any atom is -0.484 e. The first-order valence-electron chi connectivity index (χ1n) is 6.97. The Morgan fingerprint density at radius 1 is 1.32 bits per heavy atom. The molecule has 0 saturated carbocycles. The number of nitriles is 1. The number of amides is 1. The van der Waals surface area contributed by atoms with Crippen LogP contribution in [0.2, 0.25) is 0 Å². The van der Waals surface area contributed by atoms with Crippen molar-refractivity contribution in [3.8, 4) is 11.8 Å². The lowest BCUT2D eigenvalue weighted by Gasteiger charge is -2.27. The van der Waals surface area contributed by atoms with Crippen LogP contribution in [0.1, 0.15) is 17.2 Å². The van der Waals surface area contributed by atoms with E-state index in [2.05, 4.69) is 10.2 Å². The van der Waals surface area contributed by atoms with Crippen LogP contribution >= 0.6 is 0 Å². The Morgan fingerprint density at radius 2 is 2.09 bits per heavy atom. The van der Waals surface area contributed by atoms with Crippen molar-refractivity contribution in [3.63, 3.8) is 0 Å². The maximum Gasteiger partial charge on any atom is 0.260 e. The van der Waals surface area contributed by atoms with Crippen molar-refractivity contribution < 1.29 is 9.53 Å². The minimum atomic E-state index is -0.0868. The van der Waals surface area contributed by atoms with E-state index in [1.54, 1.807) is 29.2 Å². The average Bonchev–Trinajstić information content (AvgIpc) is 2.93. The lowest BCUT2D eigenvalue weighted by molar-refractivity contribution is -0.134. The van der Waals surface area contributed by atoms with Crippen molar-refractivity contribution in [1.29, 1.82) is 5.26 Å². The van der Waals surface area contributed by atoms with Gasteiger partial charge in [-0.3, -0.25) is 4.79 Å². The van der Waals surface area contributed by atoms with Crippen molar-refractivity contribution in [2.24, 2.45) is 0 Å². The molecular formula is C15H15N5O2. The third kappa shape index (κ3) is 2.76. The first-order chi connectivity index (χ1) is 10.7. The summed E-state index contributed by atoms with van der Waals surface area (Å²) >= 11 is 0. The Hall–Kier alpha value is -2.88. The van der Waals surface area contributed by atoms with Gasteiger partial charge in [-0.05, 0) is 31.2 Å². The highest BCUT2D eigenvalue weighted by atomic mass is 16.5. The summed E-state index contributed by atoms with van der Waals surface area (Å²) in [6.45, 7) is 3.66. The standard InChI is InChI=1S/C15H15N5O2/c1-11-17-18-14-9-19(6-7-20(11)14)15(21)10-22-13-4-2-12(8-16)3-5-13/h2-5H,6-7,9-10H2,1H3. The normalized spacial score (nSPS) is 13.4. The number of hydrogen-bond acceptors (Lipinski definition) is 5. The second kappa shape index (κ2) is 5.85. The molecule has 0 spiro atoms. The van der Waals surface area contributed by atoms with Gasteiger partial charge in [-0.25, -0.2) is 0 Å². The predicted molar refractivity (Wildman–Crippen MR) is 76.8 cm³/mol. The van der Waals surface area contributed by atoms with E-state index < -0.39 is 0 Å². The lowest BCUT2D eigenvalue weighted by Crippen LogP contribution is -2.41. The largest absolute Gasteiger partial charge is 0.484 e. The van der Waals surface area contributed by atoms with Gasteiger partial charge in [-0.2, -0.15) is 5.26 Å². The van der Waals surface area contributed by atoms with Gasteiger partial charge in [-0.15, -0.1) is 10.2 Å². The minimum absolute atomic E-state index is 0.0288. The van der Waals surface area contributed by atoms with Gasteiger partial charge < -0.3 is 14.2 Å². The number of benzene rings is 1. The number of hydrogen-bond donors (Lipinski definition) is 0. The van der Waals surface area contributed by atoms with Gasteiger partial charge in [0.25, 0.3) is 5.91 Å². The molecule has 1 aromatic heterocycles. The Labute approximate surface area is 127 Å². The van der Waals surface area contributed by atoms with Gasteiger partial charge in [0.15, 0.2) is 12.4 Å². The van der Waals surface area contributed by atoms with Crippen LogP contribution in [0.5, 0.6) is 5.75 Å². The van der Waals surface area contributed by atoms with Crippen LogP contribution in [-0.2, 0) is 17.9 Å². The van der Waals surface area contributed by atoms with E-state index in [0.717, 1.165) is 11.6 Å². The fraction of sp³-hybridized carbons (Fsp3) is 0.333. The van der Waals surface area contributed by atoms with Crippen molar-refractivity contribution in [2.45, 2.75) is 20.0 Å². The van der Waals surface area contributed by atoms with Crippen LogP contribution in [0, 0.1) is 18.3 Å². The number of carbonyl (C=O) groups is 1. The number of fused-ring (bicyclic) bond motifs is 1. The molecule has 0 aliphatic carbocycles. The van der Waals surface area contributed by atoms with Crippen LogP contribution in [-0.4, -0.2) is 38.7 Å². The molecule has 112 valence electrons. The third-order valence-corrected chi connectivity index (χ3v) is 3.64. The van der Waals surface area contributed by atoms with Crippen LogP contribution in [0.3, 0.4) is 0 Å². The van der Waals surface area contributed by atoms with Crippen molar-refractivity contribution >= 4 is 5.91 Å². The molecule has 2 heterocycles. The number of carbonyl (C=O) groups excluding carboxylic acids is 1. The molecule has 7 nitrogen and oxygen atoms in total. The zero-order valence-corrected chi connectivity index (χ0v) is 12.2. The van der Waals surface area contributed by atoms with Gasteiger partial charge in [0.05, 0.1) is 18.2 Å². The monoisotopic (exact) mass is 297 g/mol. The van der Waals surface area contributed by atoms with E-state index in [4.69, 9.17) is 10.00 Å². The quantitative estimate of drug-likeness (QED) is 0.839. The molecule has 2 aromatic rings. The highest BCUT2D eigenvalue weighted by molar-refractivity contribution is 5.77. The Morgan fingerprint density at radius 3 is 2.82 bits per heavy atom. The Balaban J connectivity index is 1.57. The Bertz CT molecular complexity index is 729. The van der Waals surface area contributed by atoms with E-state index >= 15 is 0 Å². The van der Waals surface area contributed by atoms with Crippen molar-refractivity contribution in [2.75, 3.05) is 13.2 Å². The van der Waals surface area contributed by atoms with E-state index in [9.17, 15) is 4.79 Å². The second-order valence-electron chi connectivity index (χ2n) is 5.06. The number of nitrogens with zero attached hydrogens (tertiary/aromatic N) is 5. The summed E-state index contributed by atoms with van der Waals surface area (Å²) in [5, 5.41) is 16.8. The predicted octanol–water partition coefficient (Wildman–Crippen LogP) is 0.879. The number of aromatic nitrogens is 3. The fourth-order valence-electron chi connectivity index (χ4n) is 2.38. The molecule has 0 N–H and O–H groups in total. The summed E-state index contributed by atoms with van der Waals surface area (Å²) in [6.07, 6.45) is 0. The van der Waals surface area contributed by atoms with E-state index in [1.807, 2.05) is 17.6 Å². The van der Waals surface area contributed by atoms with Gasteiger partial charge in [0, 0.05) is 13.1 Å². The fourth-order valence-corrected chi connectivity index (χ4v) is 2.38. The summed E-state index contributed by atoms with van der Waals surface area (Å²) in [6, 6.07) is 8.72. The van der Waals surface area contributed by atoms with Gasteiger partial charge in [0.2, 0.25) is 0 Å². The maximum absolute atomic E-state index is 12.2. The topological polar surface area (TPSA) is 84.0 Å². The molecule has 3 rings (SSSR count). The molecule has 1 aliphatic heterocycles. The zero-order valence-electron chi connectivity index (χ0n) is 12.2. The molecule has 0 saturated heterocycles. The maximum atomic E-state index is 12.2. The molecule has 1 aliphatic rings. The molecule has 0 bridgehead atoms. The zero-order chi connectivity index (χ0) is 15.5. The molecular weight excluding hydrogens is 282 g/mol. The smallest absolute Gasteiger partial charge is 0.260 e. The molecule has 0 atom stereocenters. The van der Waals surface area contributed by atoms with Crippen molar-refractivity contribution in [1.82, 2.24) is 19.7 Å². The van der Waals surface area contributed by atoms with Crippen LogP contribution in [0.25, 0.3) is 0 Å². The number of rotatable bonds is 3. The molecule has 1 aromatic carbocycles. The van der Waals surface area contributed by atoms with Gasteiger partial charge in [0.1, 0.15) is 11.6 Å². The molecule has 7 heteroatoms. The summed E-state index contributed by atoms with van der Waals surface area (Å²) < 4.78 is 7.49. The summed E-state index contributed by atoms with van der Waals surface area (Å²) in [5.41, 5.74) is 0.560. The van der Waals surface area contributed by atoms with E-state index in [1.165, 1.54) is 0 Å². The number of aryl methyl sites for hydroxylation is 1. The molecule has 0 fully saturated rings. The van der Waals surface area contributed by atoms with Gasteiger partial charge in [-0.1, -0.05) is 0 Å². The first-order valence-corrected chi connectivity index (χ1v) is 6.97. The lowest BCUT2D eigenvalue weighted by atomic mass is 10.2. The van der Waals surface area contributed by atoms with Crippen LogP contribution < -0.4 is 4.74 Å².